The van der Waals surface area contributed by atoms with Crippen molar-refractivity contribution in [3.05, 3.63) is 71.8 Å². The summed E-state index contributed by atoms with van der Waals surface area (Å²) in [7, 11) is 0. The van der Waals surface area contributed by atoms with E-state index in [1.165, 1.54) is 4.90 Å². The van der Waals surface area contributed by atoms with E-state index in [0.29, 0.717) is 19.5 Å². The van der Waals surface area contributed by atoms with Gasteiger partial charge < -0.3 is 25.6 Å². The molecule has 2 aromatic rings. The fourth-order valence-corrected chi connectivity index (χ4v) is 3.98. The molecule has 0 aromatic heterocycles. The summed E-state index contributed by atoms with van der Waals surface area (Å²) in [6.07, 6.45) is -1.19. The van der Waals surface area contributed by atoms with Crippen LogP contribution in [0.3, 0.4) is 0 Å². The average molecular weight is 492 g/mol. The molecular weight excluding hydrogens is 458 g/mol. The van der Waals surface area contributed by atoms with Crippen LogP contribution in [0.4, 0.5) is 9.59 Å². The van der Waals surface area contributed by atoms with Crippen molar-refractivity contribution >= 4 is 18.0 Å². The topological polar surface area (TPSA) is 124 Å². The van der Waals surface area contributed by atoms with Gasteiger partial charge in [0.1, 0.15) is 5.54 Å². The Balaban J connectivity index is 1.56. The van der Waals surface area contributed by atoms with Crippen LogP contribution in [0.15, 0.2) is 60.7 Å². The molecule has 2 aromatic carbocycles. The van der Waals surface area contributed by atoms with Crippen molar-refractivity contribution in [1.29, 1.82) is 5.26 Å². The van der Waals surface area contributed by atoms with Crippen molar-refractivity contribution in [3.8, 4) is 6.07 Å². The highest BCUT2D eigenvalue weighted by Gasteiger charge is 2.43. The van der Waals surface area contributed by atoms with Crippen molar-refractivity contribution in [2.75, 3.05) is 13.1 Å². The fourth-order valence-electron chi connectivity index (χ4n) is 3.98. The number of carbonyl (C=O) groups is 3. The third kappa shape index (κ3) is 7.73. The van der Waals surface area contributed by atoms with E-state index in [9.17, 15) is 19.6 Å². The summed E-state index contributed by atoms with van der Waals surface area (Å²) < 4.78 is 5.44. The maximum absolute atomic E-state index is 13.1. The zero-order valence-corrected chi connectivity index (χ0v) is 20.7. The summed E-state index contributed by atoms with van der Waals surface area (Å²) in [5.41, 5.74) is 0.615. The molecule has 9 heteroatoms. The molecule has 3 N–H and O–H groups in total. The third-order valence-corrected chi connectivity index (χ3v) is 5.93. The van der Waals surface area contributed by atoms with Crippen LogP contribution in [-0.4, -0.2) is 47.7 Å². The Morgan fingerprint density at radius 2 is 1.58 bits per heavy atom. The van der Waals surface area contributed by atoms with E-state index >= 15 is 0 Å². The smallest absolute Gasteiger partial charge is 0.408 e. The van der Waals surface area contributed by atoms with Crippen molar-refractivity contribution in [2.24, 2.45) is 5.92 Å². The normalized spacial score (nSPS) is 17.7. The second-order valence-corrected chi connectivity index (χ2v) is 9.36. The maximum atomic E-state index is 13.1. The third-order valence-electron chi connectivity index (χ3n) is 5.93. The fraction of sp³-hybridized carbons (Fsp3) is 0.407. The number of carbonyl (C=O) groups excluding carboxylic acids is 3. The van der Waals surface area contributed by atoms with Crippen LogP contribution in [-0.2, 0) is 22.6 Å². The minimum atomic E-state index is -1.25. The monoisotopic (exact) mass is 491 g/mol. The molecule has 3 rings (SSSR count). The maximum Gasteiger partial charge on any atom is 0.408 e. The molecule has 0 radical (unpaired) electrons. The molecule has 0 saturated carbocycles. The molecule has 1 saturated heterocycles. The van der Waals surface area contributed by atoms with Crippen molar-refractivity contribution in [2.45, 2.75) is 51.4 Å². The molecule has 36 heavy (non-hydrogen) atoms. The van der Waals surface area contributed by atoms with Crippen LogP contribution in [0, 0.1) is 17.2 Å². The Labute approximate surface area is 211 Å². The molecule has 0 bridgehead atoms. The van der Waals surface area contributed by atoms with E-state index in [-0.39, 0.29) is 31.5 Å². The molecule has 9 nitrogen and oxygen atoms in total. The molecular formula is C27H33N5O4. The summed E-state index contributed by atoms with van der Waals surface area (Å²) in [4.78, 5) is 39.6. The van der Waals surface area contributed by atoms with Gasteiger partial charge in [0.2, 0.25) is 0 Å². The minimum absolute atomic E-state index is 0.0461. The average Bonchev–Trinajstić information content (AvgIpc) is 3.31. The molecule has 1 heterocycles. The number of likely N-dealkylation sites (tertiary alicyclic amines) is 1. The van der Waals surface area contributed by atoms with Crippen LogP contribution in [0.2, 0.25) is 0 Å². The van der Waals surface area contributed by atoms with Crippen LogP contribution in [0.1, 0.15) is 37.8 Å². The molecule has 1 aliphatic heterocycles. The number of alkyl carbamates (subject to hydrolysis) is 1. The Bertz CT molecular complexity index is 1070. The number of hydrogen-bond acceptors (Lipinski definition) is 5. The first-order valence-electron chi connectivity index (χ1n) is 12.1. The number of nitrogens with zero attached hydrogens (tertiary/aromatic N) is 2. The Morgan fingerprint density at radius 3 is 2.14 bits per heavy atom. The molecule has 2 atom stereocenters. The quantitative estimate of drug-likeness (QED) is 0.497. The van der Waals surface area contributed by atoms with Crippen LogP contribution < -0.4 is 16.0 Å². The van der Waals surface area contributed by atoms with Crippen molar-refractivity contribution in [3.63, 3.8) is 0 Å². The van der Waals surface area contributed by atoms with Crippen molar-refractivity contribution < 1.29 is 19.1 Å². The molecule has 190 valence electrons. The van der Waals surface area contributed by atoms with Gasteiger partial charge in [-0.3, -0.25) is 4.79 Å². The molecule has 4 amide bonds. The summed E-state index contributed by atoms with van der Waals surface area (Å²) >= 11 is 0. The van der Waals surface area contributed by atoms with Gasteiger partial charge in [-0.15, -0.1) is 0 Å². The van der Waals surface area contributed by atoms with E-state index < -0.39 is 23.6 Å². The number of nitrogens with one attached hydrogen (secondary N) is 3. The van der Waals surface area contributed by atoms with E-state index in [2.05, 4.69) is 22.0 Å². The lowest BCUT2D eigenvalue weighted by Gasteiger charge is -2.27. The van der Waals surface area contributed by atoms with Gasteiger partial charge in [0.25, 0.3) is 5.91 Å². The molecule has 2 unspecified atom stereocenters. The van der Waals surface area contributed by atoms with Gasteiger partial charge in [-0.05, 0) is 23.5 Å². The zero-order chi connectivity index (χ0) is 26.0. The number of benzene rings is 2. The van der Waals surface area contributed by atoms with Gasteiger partial charge in [-0.1, -0.05) is 74.5 Å². The SMILES string of the molecule is CC(C)CC(OC(=O)NCc1ccccc1)C(=O)NC1(C#N)CCN(C(=O)NCc2ccccc2)C1. The first-order valence-corrected chi connectivity index (χ1v) is 12.1. The lowest BCUT2D eigenvalue weighted by atomic mass is 9.99. The van der Waals surface area contributed by atoms with Crippen LogP contribution in [0.5, 0.6) is 0 Å². The van der Waals surface area contributed by atoms with E-state index in [1.807, 2.05) is 74.5 Å². The highest BCUT2D eigenvalue weighted by atomic mass is 16.6. The summed E-state index contributed by atoms with van der Waals surface area (Å²) in [5.74, 6) is -0.476. The summed E-state index contributed by atoms with van der Waals surface area (Å²) in [6.45, 7) is 4.83. The second kappa shape index (κ2) is 12.6. The largest absolute Gasteiger partial charge is 0.436 e. The Hall–Kier alpha value is -4.06. The number of hydrogen-bond donors (Lipinski definition) is 3. The highest BCUT2D eigenvalue weighted by molar-refractivity contribution is 5.85. The highest BCUT2D eigenvalue weighted by Crippen LogP contribution is 2.22. The number of ether oxygens (including phenoxy) is 1. The number of nitriles is 1. The van der Waals surface area contributed by atoms with Gasteiger partial charge in [0, 0.05) is 26.1 Å². The van der Waals surface area contributed by atoms with Gasteiger partial charge in [-0.2, -0.15) is 5.26 Å². The molecule has 1 aliphatic rings. The van der Waals surface area contributed by atoms with Crippen LogP contribution >= 0.6 is 0 Å². The Kier molecular flexibility index (Phi) is 9.28. The Morgan fingerprint density at radius 1 is 1.00 bits per heavy atom. The van der Waals surface area contributed by atoms with Gasteiger partial charge in [0.05, 0.1) is 12.6 Å². The van der Waals surface area contributed by atoms with E-state index in [1.54, 1.807) is 0 Å². The minimum Gasteiger partial charge on any atom is -0.436 e. The van der Waals surface area contributed by atoms with Gasteiger partial charge in [-0.25, -0.2) is 9.59 Å². The van der Waals surface area contributed by atoms with Gasteiger partial charge >= 0.3 is 12.1 Å². The van der Waals surface area contributed by atoms with E-state index in [0.717, 1.165) is 11.1 Å². The predicted octanol–water partition coefficient (Wildman–Crippen LogP) is 3.32. The molecule has 0 aliphatic carbocycles. The first-order chi connectivity index (χ1) is 17.3. The number of amides is 4. The lowest BCUT2D eigenvalue weighted by Crippen LogP contribution is -2.54. The first kappa shape index (κ1) is 26.5. The predicted molar refractivity (Wildman–Crippen MR) is 134 cm³/mol. The van der Waals surface area contributed by atoms with Gasteiger partial charge in [0.15, 0.2) is 6.10 Å². The van der Waals surface area contributed by atoms with E-state index in [4.69, 9.17) is 4.74 Å². The second-order valence-electron chi connectivity index (χ2n) is 9.36. The molecule has 0 spiro atoms. The zero-order valence-electron chi connectivity index (χ0n) is 20.7. The lowest BCUT2D eigenvalue weighted by molar-refractivity contribution is -0.131. The molecule has 1 fully saturated rings. The standard InChI is InChI=1S/C27H33N5O4/c1-20(2)15-23(36-26(35)30-17-22-11-7-4-8-12-22)24(33)31-27(18-28)13-14-32(19-27)25(34)29-16-21-9-5-3-6-10-21/h3-12,20,23H,13-17,19H2,1-2H3,(H,29,34)(H,30,35)(H,31,33). The number of urea groups is 1. The van der Waals surface area contributed by atoms with Crippen molar-refractivity contribution in [1.82, 2.24) is 20.9 Å². The van der Waals surface area contributed by atoms with Crippen LogP contribution in [0.25, 0.3) is 0 Å². The summed E-state index contributed by atoms with van der Waals surface area (Å²) in [5, 5.41) is 18.1. The summed E-state index contributed by atoms with van der Waals surface area (Å²) in [6, 6.07) is 20.7. The number of rotatable bonds is 9.